The summed E-state index contributed by atoms with van der Waals surface area (Å²) < 4.78 is 13.2. The Morgan fingerprint density at radius 3 is 2.60 bits per heavy atom. The minimum absolute atomic E-state index is 0.0407. The molecule has 20 heavy (non-hydrogen) atoms. The van der Waals surface area contributed by atoms with E-state index < -0.39 is 30.5 Å². The van der Waals surface area contributed by atoms with Gasteiger partial charge in [-0.05, 0) is 28.1 Å². The highest BCUT2D eigenvalue weighted by Gasteiger charge is 2.20. The SMILES string of the molecule is O=C(Nc1c(Cl)cc(F)cc1Br)N[C@H](CCO)C(=O)O. The third kappa shape index (κ3) is 4.62. The molecule has 0 heterocycles. The molecule has 0 aromatic heterocycles. The van der Waals surface area contributed by atoms with Crippen molar-refractivity contribution in [2.24, 2.45) is 0 Å². The lowest BCUT2D eigenvalue weighted by molar-refractivity contribution is -0.139. The van der Waals surface area contributed by atoms with Gasteiger partial charge in [0.15, 0.2) is 0 Å². The molecule has 1 rings (SSSR count). The van der Waals surface area contributed by atoms with E-state index in [0.717, 1.165) is 12.1 Å². The molecule has 110 valence electrons. The second-order valence-electron chi connectivity index (χ2n) is 3.75. The van der Waals surface area contributed by atoms with Gasteiger partial charge in [-0.15, -0.1) is 0 Å². The Bertz CT molecular complexity index is 506. The average Bonchev–Trinajstić information content (AvgIpc) is 2.33. The molecule has 9 heteroatoms. The number of benzene rings is 1. The van der Waals surface area contributed by atoms with E-state index in [2.05, 4.69) is 26.6 Å². The summed E-state index contributed by atoms with van der Waals surface area (Å²) in [5.41, 5.74) is 0.110. The Labute approximate surface area is 127 Å². The van der Waals surface area contributed by atoms with Crippen molar-refractivity contribution in [2.75, 3.05) is 11.9 Å². The van der Waals surface area contributed by atoms with E-state index in [4.69, 9.17) is 21.8 Å². The van der Waals surface area contributed by atoms with Crippen LogP contribution in [0.5, 0.6) is 0 Å². The fourth-order valence-electron chi connectivity index (χ4n) is 1.36. The summed E-state index contributed by atoms with van der Waals surface area (Å²) in [5.74, 6) is -1.87. The Morgan fingerprint density at radius 2 is 2.10 bits per heavy atom. The summed E-state index contributed by atoms with van der Waals surface area (Å²) in [4.78, 5) is 22.5. The van der Waals surface area contributed by atoms with Crippen molar-refractivity contribution in [1.82, 2.24) is 5.32 Å². The number of hydrogen-bond acceptors (Lipinski definition) is 3. The number of amides is 2. The van der Waals surface area contributed by atoms with Gasteiger partial charge in [0.2, 0.25) is 0 Å². The fourth-order valence-corrected chi connectivity index (χ4v) is 2.25. The standard InChI is InChI=1S/C11H11BrClFN2O4/c12-6-3-5(14)4-7(13)9(6)16-11(20)15-8(1-2-17)10(18)19/h3-4,8,17H,1-2H2,(H,18,19)(H2,15,16,20)/t8-/m1/s1. The van der Waals surface area contributed by atoms with Gasteiger partial charge in [-0.3, -0.25) is 0 Å². The van der Waals surface area contributed by atoms with Crippen LogP contribution in [-0.2, 0) is 4.79 Å². The number of aliphatic carboxylic acids is 1. The van der Waals surface area contributed by atoms with Crippen LogP contribution in [0.2, 0.25) is 5.02 Å². The van der Waals surface area contributed by atoms with Gasteiger partial charge in [0.25, 0.3) is 0 Å². The van der Waals surface area contributed by atoms with Crippen LogP contribution in [-0.4, -0.2) is 34.9 Å². The molecule has 1 aromatic rings. The van der Waals surface area contributed by atoms with Gasteiger partial charge in [0.1, 0.15) is 11.9 Å². The van der Waals surface area contributed by atoms with E-state index in [1.54, 1.807) is 0 Å². The lowest BCUT2D eigenvalue weighted by atomic mass is 10.2. The molecule has 0 fully saturated rings. The molecule has 0 aliphatic heterocycles. The van der Waals surface area contributed by atoms with Gasteiger partial charge in [0, 0.05) is 17.5 Å². The first-order valence-corrected chi connectivity index (χ1v) is 6.58. The maximum absolute atomic E-state index is 13.0. The molecule has 0 spiro atoms. The maximum atomic E-state index is 13.0. The van der Waals surface area contributed by atoms with Crippen LogP contribution < -0.4 is 10.6 Å². The molecule has 0 unspecified atom stereocenters. The minimum Gasteiger partial charge on any atom is -0.480 e. The van der Waals surface area contributed by atoms with Crippen LogP contribution in [0.25, 0.3) is 0 Å². The summed E-state index contributed by atoms with van der Waals surface area (Å²) >= 11 is 8.80. The Balaban J connectivity index is 2.78. The monoisotopic (exact) mass is 368 g/mol. The molecule has 6 nitrogen and oxygen atoms in total. The summed E-state index contributed by atoms with van der Waals surface area (Å²) in [7, 11) is 0. The van der Waals surface area contributed by atoms with E-state index in [1.807, 2.05) is 0 Å². The largest absolute Gasteiger partial charge is 0.480 e. The first-order chi connectivity index (χ1) is 9.35. The number of anilines is 1. The Kier molecular flexibility index (Phi) is 6.18. The number of aliphatic hydroxyl groups is 1. The van der Waals surface area contributed by atoms with Crippen molar-refractivity contribution in [2.45, 2.75) is 12.5 Å². The van der Waals surface area contributed by atoms with Gasteiger partial charge in [-0.1, -0.05) is 11.6 Å². The lowest BCUT2D eigenvalue weighted by Crippen LogP contribution is -2.43. The van der Waals surface area contributed by atoms with Crippen LogP contribution in [0.1, 0.15) is 6.42 Å². The zero-order valence-corrected chi connectivity index (χ0v) is 12.3. The van der Waals surface area contributed by atoms with Gasteiger partial charge < -0.3 is 20.8 Å². The second kappa shape index (κ2) is 7.41. The molecule has 2 amide bonds. The highest BCUT2D eigenvalue weighted by Crippen LogP contribution is 2.31. The van der Waals surface area contributed by atoms with Gasteiger partial charge >= 0.3 is 12.0 Å². The molecule has 1 atom stereocenters. The smallest absolute Gasteiger partial charge is 0.326 e. The van der Waals surface area contributed by atoms with Crippen LogP contribution in [0, 0.1) is 5.82 Å². The number of rotatable bonds is 5. The van der Waals surface area contributed by atoms with Crippen LogP contribution in [0.4, 0.5) is 14.9 Å². The average molecular weight is 370 g/mol. The molecular weight excluding hydrogens is 358 g/mol. The molecular formula is C11H11BrClFN2O4. The first kappa shape index (κ1) is 16.7. The highest BCUT2D eigenvalue weighted by atomic mass is 79.9. The van der Waals surface area contributed by atoms with Crippen molar-refractivity contribution in [1.29, 1.82) is 0 Å². The minimum atomic E-state index is -1.28. The van der Waals surface area contributed by atoms with Crippen molar-refractivity contribution < 1.29 is 24.2 Å². The number of carboxylic acid groups (broad SMARTS) is 1. The van der Waals surface area contributed by atoms with E-state index in [0.29, 0.717) is 0 Å². The van der Waals surface area contributed by atoms with E-state index >= 15 is 0 Å². The molecule has 1 aromatic carbocycles. The molecule has 0 aliphatic rings. The van der Waals surface area contributed by atoms with Crippen LogP contribution in [0.3, 0.4) is 0 Å². The number of hydrogen-bond donors (Lipinski definition) is 4. The fraction of sp³-hybridized carbons (Fsp3) is 0.273. The van der Waals surface area contributed by atoms with Crippen molar-refractivity contribution in [3.05, 3.63) is 27.4 Å². The topological polar surface area (TPSA) is 98.7 Å². The van der Waals surface area contributed by atoms with Gasteiger partial charge in [-0.25, -0.2) is 14.0 Å². The summed E-state index contributed by atoms with van der Waals surface area (Å²) in [6.45, 7) is -0.391. The third-order valence-electron chi connectivity index (χ3n) is 2.27. The number of carbonyl (C=O) groups excluding carboxylic acids is 1. The number of halogens is 3. The highest BCUT2D eigenvalue weighted by molar-refractivity contribution is 9.10. The van der Waals surface area contributed by atoms with Crippen LogP contribution >= 0.6 is 27.5 Å². The second-order valence-corrected chi connectivity index (χ2v) is 5.01. The zero-order valence-electron chi connectivity index (χ0n) is 9.99. The molecule has 0 bridgehead atoms. The number of urea groups is 1. The predicted molar refractivity (Wildman–Crippen MR) is 74.4 cm³/mol. The van der Waals surface area contributed by atoms with Crippen molar-refractivity contribution in [3.63, 3.8) is 0 Å². The van der Waals surface area contributed by atoms with Crippen molar-refractivity contribution >= 4 is 45.2 Å². The normalized spacial score (nSPS) is 11.8. The van der Waals surface area contributed by atoms with Gasteiger partial charge in [-0.2, -0.15) is 0 Å². The predicted octanol–water partition coefficient (Wildman–Crippen LogP) is 2.20. The molecule has 4 N–H and O–H groups in total. The first-order valence-electron chi connectivity index (χ1n) is 5.41. The molecule has 0 saturated heterocycles. The molecule has 0 aliphatic carbocycles. The van der Waals surface area contributed by atoms with E-state index in [1.165, 1.54) is 0 Å². The summed E-state index contributed by atoms with van der Waals surface area (Å²) in [5, 5.41) is 21.9. The maximum Gasteiger partial charge on any atom is 0.326 e. The Hall–Kier alpha value is -1.38. The number of aliphatic hydroxyl groups excluding tert-OH is 1. The Morgan fingerprint density at radius 1 is 1.45 bits per heavy atom. The zero-order chi connectivity index (χ0) is 15.3. The molecule has 0 radical (unpaired) electrons. The van der Waals surface area contributed by atoms with Gasteiger partial charge in [0.05, 0.1) is 10.7 Å². The third-order valence-corrected chi connectivity index (χ3v) is 3.19. The molecule has 0 saturated carbocycles. The number of nitrogens with one attached hydrogen (secondary N) is 2. The van der Waals surface area contributed by atoms with E-state index in [9.17, 15) is 14.0 Å². The summed E-state index contributed by atoms with van der Waals surface area (Å²) in [6.07, 6.45) is -0.138. The summed E-state index contributed by atoms with van der Waals surface area (Å²) in [6, 6.07) is 0.0341. The number of carbonyl (C=O) groups is 2. The van der Waals surface area contributed by atoms with Crippen LogP contribution in [0.15, 0.2) is 16.6 Å². The number of carboxylic acids is 1. The quantitative estimate of drug-likeness (QED) is 0.639. The van der Waals surface area contributed by atoms with Crippen molar-refractivity contribution in [3.8, 4) is 0 Å². The van der Waals surface area contributed by atoms with E-state index in [-0.39, 0.29) is 21.6 Å². The lowest BCUT2D eigenvalue weighted by Gasteiger charge is -2.15.